The topological polar surface area (TPSA) is 50.5 Å². The minimum absolute atomic E-state index is 0.0576. The highest BCUT2D eigenvalue weighted by atomic mass is 16.3. The predicted octanol–water partition coefficient (Wildman–Crippen LogP) is 3.42. The van der Waals surface area contributed by atoms with E-state index < -0.39 is 5.41 Å². The van der Waals surface area contributed by atoms with Gasteiger partial charge in [0, 0.05) is 12.1 Å². The number of piperidine rings is 1. The van der Waals surface area contributed by atoms with E-state index in [1.54, 1.807) is 17.2 Å². The van der Waals surface area contributed by atoms with Gasteiger partial charge >= 0.3 is 0 Å². The lowest BCUT2D eigenvalue weighted by Gasteiger charge is -2.37. The Bertz CT molecular complexity index is 726. The highest BCUT2D eigenvalue weighted by Crippen LogP contribution is 2.54. The Hall–Kier alpha value is -2.36. The molecule has 1 aromatic heterocycles. The molecule has 1 aromatic carbocycles. The standard InChI is InChI=1S/C18H17NO3/c1-12-4-6-13(7-5-12)19-14(15-3-2-10-22-15)11-16(20)18(8-9-18)17(19)21/h2-7,10,14H,8-9,11H2,1H3. The van der Waals surface area contributed by atoms with E-state index in [-0.39, 0.29) is 17.7 Å². The van der Waals surface area contributed by atoms with E-state index in [0.717, 1.165) is 11.3 Å². The lowest BCUT2D eigenvalue weighted by Crippen LogP contribution is -2.49. The van der Waals surface area contributed by atoms with Gasteiger partial charge in [0.1, 0.15) is 17.2 Å². The molecule has 0 bridgehead atoms. The molecule has 2 heterocycles. The van der Waals surface area contributed by atoms with Crippen molar-refractivity contribution >= 4 is 17.4 Å². The average Bonchev–Trinajstić information content (AvgIpc) is 3.13. The van der Waals surface area contributed by atoms with E-state index in [9.17, 15) is 9.59 Å². The van der Waals surface area contributed by atoms with Crippen molar-refractivity contribution in [2.24, 2.45) is 5.41 Å². The summed E-state index contributed by atoms with van der Waals surface area (Å²) >= 11 is 0. The first-order chi connectivity index (χ1) is 10.6. The maximum absolute atomic E-state index is 13.0. The van der Waals surface area contributed by atoms with Crippen LogP contribution >= 0.6 is 0 Å². The maximum Gasteiger partial charge on any atom is 0.241 e. The van der Waals surface area contributed by atoms with Crippen molar-refractivity contribution in [1.29, 1.82) is 0 Å². The molecule has 4 rings (SSSR count). The van der Waals surface area contributed by atoms with Gasteiger partial charge in [-0.2, -0.15) is 0 Å². The number of carbonyl (C=O) groups excluding carboxylic acids is 2. The van der Waals surface area contributed by atoms with Crippen molar-refractivity contribution < 1.29 is 14.0 Å². The molecule has 2 aliphatic rings. The van der Waals surface area contributed by atoms with E-state index in [4.69, 9.17) is 4.42 Å². The van der Waals surface area contributed by atoms with Gasteiger partial charge in [-0.1, -0.05) is 17.7 Å². The SMILES string of the molecule is Cc1ccc(N2C(=O)C3(CC3)C(=O)CC2c2ccco2)cc1. The second-order valence-electron chi connectivity index (χ2n) is 6.25. The van der Waals surface area contributed by atoms with E-state index in [1.165, 1.54) is 0 Å². The van der Waals surface area contributed by atoms with Crippen molar-refractivity contribution in [3.63, 3.8) is 0 Å². The zero-order valence-electron chi connectivity index (χ0n) is 12.4. The van der Waals surface area contributed by atoms with Crippen LogP contribution in [0.4, 0.5) is 5.69 Å². The van der Waals surface area contributed by atoms with Crippen LogP contribution in [0.5, 0.6) is 0 Å². The Morgan fingerprint density at radius 2 is 1.86 bits per heavy atom. The molecule has 1 spiro atoms. The third kappa shape index (κ3) is 1.83. The van der Waals surface area contributed by atoms with Crippen molar-refractivity contribution in [3.8, 4) is 0 Å². The molecule has 22 heavy (non-hydrogen) atoms. The zero-order chi connectivity index (χ0) is 15.3. The van der Waals surface area contributed by atoms with Crippen LogP contribution in [0.3, 0.4) is 0 Å². The van der Waals surface area contributed by atoms with Crippen LogP contribution < -0.4 is 4.90 Å². The molecule has 0 radical (unpaired) electrons. The van der Waals surface area contributed by atoms with Crippen LogP contribution in [0, 0.1) is 12.3 Å². The molecule has 4 nitrogen and oxygen atoms in total. The molecule has 1 amide bonds. The highest BCUT2D eigenvalue weighted by Gasteiger charge is 2.62. The minimum atomic E-state index is -0.756. The number of Topliss-reactive ketones (excluding diaryl/α,β-unsaturated/α-hetero) is 1. The number of hydrogen-bond acceptors (Lipinski definition) is 3. The maximum atomic E-state index is 13.0. The van der Waals surface area contributed by atoms with Crippen LogP contribution in [0.1, 0.15) is 36.6 Å². The smallest absolute Gasteiger partial charge is 0.241 e. The number of aryl methyl sites for hydroxylation is 1. The number of nitrogens with zero attached hydrogens (tertiary/aromatic N) is 1. The van der Waals surface area contributed by atoms with E-state index in [2.05, 4.69) is 0 Å². The lowest BCUT2D eigenvalue weighted by atomic mass is 9.86. The molecule has 112 valence electrons. The van der Waals surface area contributed by atoms with Gasteiger partial charge in [-0.05, 0) is 44.0 Å². The van der Waals surface area contributed by atoms with Crippen molar-refractivity contribution in [3.05, 3.63) is 54.0 Å². The second kappa shape index (κ2) is 4.57. The lowest BCUT2D eigenvalue weighted by molar-refractivity contribution is -0.138. The number of ketones is 1. The number of hydrogen-bond donors (Lipinski definition) is 0. The van der Waals surface area contributed by atoms with Crippen molar-refractivity contribution in [2.75, 3.05) is 4.90 Å². The number of benzene rings is 1. The largest absolute Gasteiger partial charge is 0.467 e. The Morgan fingerprint density at radius 1 is 1.14 bits per heavy atom. The highest BCUT2D eigenvalue weighted by molar-refractivity contribution is 6.17. The fourth-order valence-corrected chi connectivity index (χ4v) is 3.28. The molecule has 0 N–H and O–H groups in total. The first-order valence-corrected chi connectivity index (χ1v) is 7.59. The summed E-state index contributed by atoms with van der Waals surface area (Å²) in [6.07, 6.45) is 3.27. The molecule has 2 aromatic rings. The molecule has 1 aliphatic heterocycles. The predicted molar refractivity (Wildman–Crippen MR) is 81.4 cm³/mol. The number of furan rings is 1. The van der Waals surface area contributed by atoms with Crippen LogP contribution in [0.2, 0.25) is 0 Å². The molecular formula is C18H17NO3. The molecule has 2 fully saturated rings. The van der Waals surface area contributed by atoms with Gasteiger partial charge in [0.05, 0.1) is 6.26 Å². The molecule has 1 atom stereocenters. The van der Waals surface area contributed by atoms with Gasteiger partial charge in [0.2, 0.25) is 5.91 Å². The summed E-state index contributed by atoms with van der Waals surface area (Å²) in [5.41, 5.74) is 1.21. The summed E-state index contributed by atoms with van der Waals surface area (Å²) in [4.78, 5) is 27.2. The third-order valence-electron chi connectivity index (χ3n) is 4.79. The van der Waals surface area contributed by atoms with Gasteiger partial charge in [-0.15, -0.1) is 0 Å². The summed E-state index contributed by atoms with van der Waals surface area (Å²) < 4.78 is 5.49. The molecule has 1 saturated heterocycles. The first kappa shape index (κ1) is 13.3. The monoisotopic (exact) mass is 295 g/mol. The van der Waals surface area contributed by atoms with Gasteiger partial charge in [0.15, 0.2) is 5.78 Å². The van der Waals surface area contributed by atoms with E-state index in [0.29, 0.717) is 25.0 Å². The van der Waals surface area contributed by atoms with Crippen LogP contribution in [-0.4, -0.2) is 11.7 Å². The summed E-state index contributed by atoms with van der Waals surface area (Å²) in [5.74, 6) is 0.647. The van der Waals surface area contributed by atoms with Crippen LogP contribution in [0.25, 0.3) is 0 Å². The van der Waals surface area contributed by atoms with E-state index >= 15 is 0 Å². The van der Waals surface area contributed by atoms with Crippen LogP contribution in [0.15, 0.2) is 47.1 Å². The fourth-order valence-electron chi connectivity index (χ4n) is 3.28. The average molecular weight is 295 g/mol. The zero-order valence-corrected chi connectivity index (χ0v) is 12.4. The van der Waals surface area contributed by atoms with Crippen LogP contribution in [-0.2, 0) is 9.59 Å². The number of anilines is 1. The number of carbonyl (C=O) groups is 2. The normalized spacial score (nSPS) is 23.1. The number of rotatable bonds is 2. The molecule has 1 unspecified atom stereocenters. The Morgan fingerprint density at radius 3 is 2.45 bits per heavy atom. The third-order valence-corrected chi connectivity index (χ3v) is 4.79. The summed E-state index contributed by atoms with van der Waals surface area (Å²) in [6, 6.07) is 11.1. The molecule has 1 aliphatic carbocycles. The van der Waals surface area contributed by atoms with Gasteiger partial charge in [0.25, 0.3) is 0 Å². The van der Waals surface area contributed by atoms with E-state index in [1.807, 2.05) is 37.3 Å². The van der Waals surface area contributed by atoms with Gasteiger partial charge in [-0.25, -0.2) is 0 Å². The molecular weight excluding hydrogens is 278 g/mol. The number of amides is 1. The molecule has 4 heteroatoms. The second-order valence-corrected chi connectivity index (χ2v) is 6.25. The van der Waals surface area contributed by atoms with Crippen molar-refractivity contribution in [2.45, 2.75) is 32.2 Å². The van der Waals surface area contributed by atoms with Crippen molar-refractivity contribution in [1.82, 2.24) is 0 Å². The van der Waals surface area contributed by atoms with Gasteiger partial charge in [-0.3, -0.25) is 9.59 Å². The van der Waals surface area contributed by atoms with Gasteiger partial charge < -0.3 is 9.32 Å². The Balaban J connectivity index is 1.80. The fraction of sp³-hybridized carbons (Fsp3) is 0.333. The quantitative estimate of drug-likeness (QED) is 0.798. The summed E-state index contributed by atoms with van der Waals surface area (Å²) in [6.45, 7) is 2.01. The Kier molecular flexibility index (Phi) is 2.76. The first-order valence-electron chi connectivity index (χ1n) is 7.59. The Labute approximate surface area is 128 Å². The summed E-state index contributed by atoms with van der Waals surface area (Å²) in [5, 5.41) is 0. The minimum Gasteiger partial charge on any atom is -0.467 e. The molecule has 1 saturated carbocycles. The summed E-state index contributed by atoms with van der Waals surface area (Å²) in [7, 11) is 0.